The fraction of sp³-hybridized carbons (Fsp3) is 0.375. The normalized spacial score (nSPS) is 18.8. The van der Waals surface area contributed by atoms with Crippen molar-refractivity contribution in [2.24, 2.45) is 0 Å². The van der Waals surface area contributed by atoms with E-state index in [4.69, 9.17) is 4.52 Å². The molecule has 1 aromatic carbocycles. The molecule has 1 aliphatic heterocycles. The molecule has 0 saturated carbocycles. The van der Waals surface area contributed by atoms with Gasteiger partial charge in [-0.15, -0.1) is 0 Å². The Morgan fingerprint density at radius 2 is 2.09 bits per heavy atom. The summed E-state index contributed by atoms with van der Waals surface area (Å²) in [6.45, 7) is 3.44. The smallest absolute Gasteiger partial charge is 0.276 e. The van der Waals surface area contributed by atoms with Crippen LogP contribution in [0.15, 0.2) is 35.1 Å². The van der Waals surface area contributed by atoms with Crippen LogP contribution in [0.1, 0.15) is 23.8 Å². The van der Waals surface area contributed by atoms with Crippen molar-refractivity contribution in [3.05, 3.63) is 47.9 Å². The van der Waals surface area contributed by atoms with E-state index < -0.39 is 11.6 Å². The largest absolute Gasteiger partial charge is 0.367 e. The molecular weight excluding hydrogens is 304 g/mol. The summed E-state index contributed by atoms with van der Waals surface area (Å²) < 4.78 is 31.7. The highest BCUT2D eigenvalue weighted by Crippen LogP contribution is 2.23. The van der Waals surface area contributed by atoms with Crippen LogP contribution in [-0.2, 0) is 0 Å². The van der Waals surface area contributed by atoms with E-state index in [1.807, 2.05) is 11.8 Å². The van der Waals surface area contributed by atoms with Crippen LogP contribution >= 0.6 is 0 Å². The third-order valence-corrected chi connectivity index (χ3v) is 4.13. The molecular formula is C16H17F2N3O2. The number of nitrogens with zero attached hydrogens (tertiary/aromatic N) is 3. The minimum atomic E-state index is -0.600. The van der Waals surface area contributed by atoms with Gasteiger partial charge in [0, 0.05) is 37.8 Å². The fourth-order valence-corrected chi connectivity index (χ4v) is 2.81. The van der Waals surface area contributed by atoms with Crippen LogP contribution in [0.25, 0.3) is 0 Å². The Hall–Kier alpha value is -2.44. The van der Waals surface area contributed by atoms with Crippen molar-refractivity contribution in [3.63, 3.8) is 0 Å². The van der Waals surface area contributed by atoms with Crippen molar-refractivity contribution in [2.75, 3.05) is 24.5 Å². The molecule has 0 spiro atoms. The predicted molar refractivity (Wildman–Crippen MR) is 80.2 cm³/mol. The Bertz CT molecular complexity index is 691. The Morgan fingerprint density at radius 3 is 2.78 bits per heavy atom. The number of carbonyl (C=O) groups is 1. The van der Waals surface area contributed by atoms with Crippen LogP contribution in [0.4, 0.5) is 14.5 Å². The van der Waals surface area contributed by atoms with E-state index in [-0.39, 0.29) is 17.6 Å². The van der Waals surface area contributed by atoms with Gasteiger partial charge in [-0.25, -0.2) is 8.78 Å². The summed E-state index contributed by atoms with van der Waals surface area (Å²) in [7, 11) is 0. The minimum absolute atomic E-state index is 0.00675. The molecule has 0 N–H and O–H groups in total. The first-order valence-corrected chi connectivity index (χ1v) is 7.47. The second kappa shape index (κ2) is 6.36. The van der Waals surface area contributed by atoms with Gasteiger partial charge in [-0.1, -0.05) is 5.16 Å². The molecule has 1 aromatic heterocycles. The van der Waals surface area contributed by atoms with Crippen molar-refractivity contribution in [1.29, 1.82) is 0 Å². The van der Waals surface area contributed by atoms with Crippen LogP contribution in [0, 0.1) is 11.6 Å². The van der Waals surface area contributed by atoms with E-state index in [0.717, 1.165) is 6.07 Å². The maximum atomic E-state index is 14.0. The summed E-state index contributed by atoms with van der Waals surface area (Å²) in [6, 6.07) is 5.07. The maximum Gasteiger partial charge on any atom is 0.276 e. The Morgan fingerprint density at radius 1 is 1.26 bits per heavy atom. The van der Waals surface area contributed by atoms with Gasteiger partial charge in [0.25, 0.3) is 5.91 Å². The molecule has 7 heteroatoms. The van der Waals surface area contributed by atoms with Gasteiger partial charge in [0.1, 0.15) is 17.9 Å². The topological polar surface area (TPSA) is 49.6 Å². The Balaban J connectivity index is 1.76. The molecule has 0 radical (unpaired) electrons. The summed E-state index contributed by atoms with van der Waals surface area (Å²) >= 11 is 0. The average molecular weight is 321 g/mol. The van der Waals surface area contributed by atoms with E-state index in [2.05, 4.69) is 5.16 Å². The summed E-state index contributed by atoms with van der Waals surface area (Å²) in [5.74, 6) is -1.39. The second-order valence-electron chi connectivity index (χ2n) is 5.60. The SMILES string of the molecule is CC1CCN(c2ccc(F)cc2F)CCN1C(=O)c1ccon1. The molecule has 1 unspecified atom stereocenters. The zero-order chi connectivity index (χ0) is 16.4. The number of benzene rings is 1. The molecule has 0 aliphatic carbocycles. The average Bonchev–Trinajstić information content (AvgIpc) is 2.98. The fourth-order valence-electron chi connectivity index (χ4n) is 2.81. The van der Waals surface area contributed by atoms with Gasteiger partial charge in [0.05, 0.1) is 5.69 Å². The van der Waals surface area contributed by atoms with Crippen LogP contribution < -0.4 is 4.90 Å². The third-order valence-electron chi connectivity index (χ3n) is 4.13. The lowest BCUT2D eigenvalue weighted by atomic mass is 10.2. The molecule has 2 heterocycles. The van der Waals surface area contributed by atoms with E-state index in [1.54, 1.807) is 4.90 Å². The Kier molecular flexibility index (Phi) is 4.27. The predicted octanol–water partition coefficient (Wildman–Crippen LogP) is 2.69. The number of hydrogen-bond donors (Lipinski definition) is 0. The number of hydrogen-bond acceptors (Lipinski definition) is 4. The molecule has 1 atom stereocenters. The van der Waals surface area contributed by atoms with E-state index >= 15 is 0 Å². The van der Waals surface area contributed by atoms with E-state index in [1.165, 1.54) is 24.5 Å². The first kappa shape index (κ1) is 15.5. The van der Waals surface area contributed by atoms with Gasteiger partial charge >= 0.3 is 0 Å². The third kappa shape index (κ3) is 3.18. The van der Waals surface area contributed by atoms with Crippen LogP contribution in [0.2, 0.25) is 0 Å². The molecule has 1 saturated heterocycles. The van der Waals surface area contributed by atoms with E-state index in [0.29, 0.717) is 31.7 Å². The molecule has 0 bridgehead atoms. The number of aromatic nitrogens is 1. The standard InChI is InChI=1S/C16H17F2N3O2/c1-11-4-6-20(15-3-2-12(17)10-13(15)18)7-8-21(11)16(22)14-5-9-23-19-14/h2-3,5,9-11H,4,6-8H2,1H3. The van der Waals surface area contributed by atoms with Gasteiger partial charge < -0.3 is 14.3 Å². The number of amides is 1. The Labute approximate surface area is 132 Å². The van der Waals surface area contributed by atoms with Crippen LogP contribution in [0.3, 0.4) is 0 Å². The molecule has 23 heavy (non-hydrogen) atoms. The summed E-state index contributed by atoms with van der Waals surface area (Å²) in [5, 5.41) is 3.68. The molecule has 2 aromatic rings. The summed E-state index contributed by atoms with van der Waals surface area (Å²) in [5.41, 5.74) is 0.618. The van der Waals surface area contributed by atoms with Crippen molar-refractivity contribution in [3.8, 4) is 0 Å². The second-order valence-corrected chi connectivity index (χ2v) is 5.60. The van der Waals surface area contributed by atoms with Gasteiger partial charge in [0.2, 0.25) is 0 Å². The summed E-state index contributed by atoms with van der Waals surface area (Å²) in [6.07, 6.45) is 2.04. The molecule has 122 valence electrons. The highest BCUT2D eigenvalue weighted by Gasteiger charge is 2.27. The quantitative estimate of drug-likeness (QED) is 0.853. The molecule has 1 aliphatic rings. The van der Waals surface area contributed by atoms with Crippen molar-refractivity contribution in [1.82, 2.24) is 10.1 Å². The summed E-state index contributed by atoms with van der Waals surface area (Å²) in [4.78, 5) is 16.0. The zero-order valence-electron chi connectivity index (χ0n) is 12.7. The molecule has 3 rings (SSSR count). The van der Waals surface area contributed by atoms with Crippen LogP contribution in [0.5, 0.6) is 0 Å². The lowest BCUT2D eigenvalue weighted by Crippen LogP contribution is -2.40. The van der Waals surface area contributed by atoms with Crippen molar-refractivity contribution in [2.45, 2.75) is 19.4 Å². The van der Waals surface area contributed by atoms with Gasteiger partial charge in [-0.2, -0.15) is 0 Å². The first-order chi connectivity index (χ1) is 11.1. The highest BCUT2D eigenvalue weighted by atomic mass is 19.1. The lowest BCUT2D eigenvalue weighted by Gasteiger charge is -2.26. The first-order valence-electron chi connectivity index (χ1n) is 7.47. The maximum absolute atomic E-state index is 14.0. The number of rotatable bonds is 2. The molecule has 1 amide bonds. The number of halogens is 2. The van der Waals surface area contributed by atoms with Crippen molar-refractivity contribution >= 4 is 11.6 Å². The van der Waals surface area contributed by atoms with E-state index in [9.17, 15) is 13.6 Å². The molecule has 1 fully saturated rings. The van der Waals surface area contributed by atoms with Gasteiger partial charge in [-0.05, 0) is 25.5 Å². The number of carbonyl (C=O) groups excluding carboxylic acids is 1. The molecule has 5 nitrogen and oxygen atoms in total. The van der Waals surface area contributed by atoms with Gasteiger partial charge in [-0.3, -0.25) is 4.79 Å². The lowest BCUT2D eigenvalue weighted by molar-refractivity contribution is 0.0694. The van der Waals surface area contributed by atoms with Crippen molar-refractivity contribution < 1.29 is 18.1 Å². The van der Waals surface area contributed by atoms with Crippen LogP contribution in [-0.4, -0.2) is 41.6 Å². The highest BCUT2D eigenvalue weighted by molar-refractivity contribution is 5.92. The van der Waals surface area contributed by atoms with Gasteiger partial charge in [0.15, 0.2) is 5.69 Å². The zero-order valence-corrected chi connectivity index (χ0v) is 12.7. The monoisotopic (exact) mass is 321 g/mol. The number of anilines is 1. The minimum Gasteiger partial charge on any atom is -0.367 e.